The molecule has 0 aliphatic carbocycles. The fourth-order valence-electron chi connectivity index (χ4n) is 3.90. The van der Waals surface area contributed by atoms with E-state index in [9.17, 15) is 13.2 Å². The number of aryl methyl sites for hydroxylation is 3. The largest absolute Gasteiger partial charge is 0.492 e. The Morgan fingerprint density at radius 2 is 1.56 bits per heavy atom. The maximum absolute atomic E-state index is 13.6. The van der Waals surface area contributed by atoms with Crippen molar-refractivity contribution in [3.05, 3.63) is 89.0 Å². The quantitative estimate of drug-likeness (QED) is 0.463. The van der Waals surface area contributed by atoms with Gasteiger partial charge in [-0.05, 0) is 81.1 Å². The monoisotopic (exact) mass is 480 g/mol. The number of carbonyl (C=O) groups excluding carboxylic acids is 1. The van der Waals surface area contributed by atoms with Gasteiger partial charge in [-0.1, -0.05) is 42.5 Å². The van der Waals surface area contributed by atoms with Gasteiger partial charge in [0.2, 0.25) is 5.91 Å². The van der Waals surface area contributed by atoms with Crippen LogP contribution >= 0.6 is 0 Å². The lowest BCUT2D eigenvalue weighted by atomic mass is 9.96. The second-order valence-corrected chi connectivity index (χ2v) is 10.2. The van der Waals surface area contributed by atoms with Gasteiger partial charge in [0.05, 0.1) is 23.2 Å². The zero-order valence-electron chi connectivity index (χ0n) is 20.3. The Morgan fingerprint density at radius 3 is 2.24 bits per heavy atom. The molecular formula is C27H32N2O4S. The third-order valence-corrected chi connectivity index (χ3v) is 7.55. The van der Waals surface area contributed by atoms with Crippen LogP contribution in [0.25, 0.3) is 0 Å². The van der Waals surface area contributed by atoms with Crippen LogP contribution in [-0.2, 0) is 14.8 Å². The summed E-state index contributed by atoms with van der Waals surface area (Å²) in [5.41, 5.74) is 4.72. The molecule has 0 unspecified atom stereocenters. The minimum atomic E-state index is -4.02. The van der Waals surface area contributed by atoms with E-state index in [1.165, 1.54) is 17.7 Å². The van der Waals surface area contributed by atoms with E-state index in [1.54, 1.807) is 42.5 Å². The fourth-order valence-corrected chi connectivity index (χ4v) is 5.36. The van der Waals surface area contributed by atoms with Crippen molar-refractivity contribution in [3.63, 3.8) is 0 Å². The lowest BCUT2D eigenvalue weighted by Crippen LogP contribution is -2.41. The molecule has 180 valence electrons. The smallest absolute Gasteiger partial charge is 0.264 e. The minimum absolute atomic E-state index is 0.104. The van der Waals surface area contributed by atoms with Crippen molar-refractivity contribution in [1.29, 1.82) is 0 Å². The molecule has 7 heteroatoms. The molecule has 3 rings (SSSR count). The molecule has 0 saturated heterocycles. The van der Waals surface area contributed by atoms with Gasteiger partial charge in [-0.2, -0.15) is 0 Å². The maximum atomic E-state index is 13.6. The fraction of sp³-hybridized carbons (Fsp3) is 0.296. The van der Waals surface area contributed by atoms with Crippen molar-refractivity contribution in [2.75, 3.05) is 17.5 Å². The van der Waals surface area contributed by atoms with Crippen molar-refractivity contribution in [3.8, 4) is 5.75 Å². The molecule has 0 saturated carbocycles. The van der Waals surface area contributed by atoms with Crippen LogP contribution in [0, 0.1) is 20.8 Å². The molecule has 3 aromatic carbocycles. The van der Waals surface area contributed by atoms with Gasteiger partial charge in [-0.15, -0.1) is 0 Å². The number of benzene rings is 3. The Bertz CT molecular complexity index is 1260. The zero-order valence-corrected chi connectivity index (χ0v) is 21.1. The first-order valence-electron chi connectivity index (χ1n) is 11.3. The first kappa shape index (κ1) is 25.3. The Hall–Kier alpha value is -3.32. The molecule has 0 fully saturated rings. The molecule has 0 aromatic heterocycles. The average Bonchev–Trinajstić information content (AvgIpc) is 2.81. The molecular weight excluding hydrogens is 448 g/mol. The SMILES string of the molecule is CCOc1ccccc1N(CC(=O)N[C@H](C)c1cc(C)c(C)cc1C)S(=O)(=O)c1ccccc1. The molecule has 3 aromatic rings. The molecule has 0 bridgehead atoms. The van der Waals surface area contributed by atoms with Crippen molar-refractivity contribution < 1.29 is 17.9 Å². The molecule has 1 amide bonds. The van der Waals surface area contributed by atoms with Crippen molar-refractivity contribution in [2.24, 2.45) is 0 Å². The van der Waals surface area contributed by atoms with E-state index in [0.29, 0.717) is 18.0 Å². The number of hydrogen-bond donors (Lipinski definition) is 1. The lowest BCUT2D eigenvalue weighted by molar-refractivity contribution is -0.120. The van der Waals surface area contributed by atoms with E-state index < -0.39 is 15.9 Å². The van der Waals surface area contributed by atoms with E-state index in [1.807, 2.05) is 27.7 Å². The number of para-hydroxylation sites is 2. The highest BCUT2D eigenvalue weighted by Gasteiger charge is 2.29. The van der Waals surface area contributed by atoms with E-state index in [-0.39, 0.29) is 17.5 Å². The first-order valence-corrected chi connectivity index (χ1v) is 12.8. The van der Waals surface area contributed by atoms with Gasteiger partial charge >= 0.3 is 0 Å². The molecule has 0 radical (unpaired) electrons. The van der Waals surface area contributed by atoms with Crippen LogP contribution in [0.1, 0.15) is 42.1 Å². The van der Waals surface area contributed by atoms with Crippen molar-refractivity contribution >= 4 is 21.6 Å². The molecule has 34 heavy (non-hydrogen) atoms. The standard InChI is InChI=1S/C27H32N2O4S/c1-6-33-26-15-11-10-14-25(26)29(34(31,32)23-12-8-7-9-13-23)18-27(30)28-22(5)24-17-20(3)19(2)16-21(24)4/h7-17,22H,6,18H2,1-5H3,(H,28,30)/t22-/m1/s1. The molecule has 6 nitrogen and oxygen atoms in total. The number of sulfonamides is 1. The summed E-state index contributed by atoms with van der Waals surface area (Å²) in [6, 6.07) is 18.8. The van der Waals surface area contributed by atoms with Gasteiger partial charge in [0.1, 0.15) is 12.3 Å². The van der Waals surface area contributed by atoms with Gasteiger partial charge in [0.15, 0.2) is 0 Å². The van der Waals surface area contributed by atoms with E-state index >= 15 is 0 Å². The second kappa shape index (κ2) is 10.7. The van der Waals surface area contributed by atoms with Gasteiger partial charge < -0.3 is 10.1 Å². The number of anilines is 1. The highest BCUT2D eigenvalue weighted by Crippen LogP contribution is 2.32. The van der Waals surface area contributed by atoms with Crippen LogP contribution in [0.2, 0.25) is 0 Å². The van der Waals surface area contributed by atoms with E-state index in [2.05, 4.69) is 24.4 Å². The number of rotatable bonds is 9. The van der Waals surface area contributed by atoms with Crippen LogP contribution in [0.5, 0.6) is 5.75 Å². The number of nitrogens with one attached hydrogen (secondary N) is 1. The van der Waals surface area contributed by atoms with Crippen LogP contribution < -0.4 is 14.4 Å². The predicted molar refractivity (Wildman–Crippen MR) is 136 cm³/mol. The molecule has 1 atom stereocenters. The third-order valence-electron chi connectivity index (χ3n) is 5.78. The highest BCUT2D eigenvalue weighted by molar-refractivity contribution is 7.92. The number of hydrogen-bond acceptors (Lipinski definition) is 4. The molecule has 0 aliphatic heterocycles. The Labute approximate surface area is 202 Å². The van der Waals surface area contributed by atoms with Crippen LogP contribution in [-0.4, -0.2) is 27.5 Å². The van der Waals surface area contributed by atoms with Gasteiger partial charge in [-0.3, -0.25) is 9.10 Å². The Morgan fingerprint density at radius 1 is 0.941 bits per heavy atom. The van der Waals surface area contributed by atoms with Crippen LogP contribution in [0.3, 0.4) is 0 Å². The van der Waals surface area contributed by atoms with E-state index in [0.717, 1.165) is 21.0 Å². The van der Waals surface area contributed by atoms with Crippen molar-refractivity contribution in [2.45, 2.75) is 45.6 Å². The predicted octanol–water partition coefficient (Wildman–Crippen LogP) is 5.08. The summed E-state index contributed by atoms with van der Waals surface area (Å²) in [6.07, 6.45) is 0. The molecule has 0 aliphatic rings. The Balaban J connectivity index is 1.95. The zero-order chi connectivity index (χ0) is 24.9. The summed E-state index contributed by atoms with van der Waals surface area (Å²) in [4.78, 5) is 13.3. The highest BCUT2D eigenvalue weighted by atomic mass is 32.2. The summed E-state index contributed by atoms with van der Waals surface area (Å²) in [5.74, 6) is -0.00806. The average molecular weight is 481 g/mol. The van der Waals surface area contributed by atoms with Gasteiger partial charge in [0, 0.05) is 0 Å². The maximum Gasteiger partial charge on any atom is 0.264 e. The number of carbonyl (C=O) groups is 1. The van der Waals surface area contributed by atoms with Crippen LogP contribution in [0.4, 0.5) is 5.69 Å². The van der Waals surface area contributed by atoms with Gasteiger partial charge in [0.25, 0.3) is 10.0 Å². The third kappa shape index (κ3) is 5.59. The summed E-state index contributed by atoms with van der Waals surface area (Å²) >= 11 is 0. The minimum Gasteiger partial charge on any atom is -0.492 e. The molecule has 1 N–H and O–H groups in total. The van der Waals surface area contributed by atoms with Gasteiger partial charge in [-0.25, -0.2) is 8.42 Å². The second-order valence-electron chi connectivity index (χ2n) is 8.31. The van der Waals surface area contributed by atoms with Crippen LogP contribution in [0.15, 0.2) is 71.6 Å². The summed E-state index contributed by atoms with van der Waals surface area (Å²) < 4.78 is 34.0. The number of ether oxygens (including phenoxy) is 1. The summed E-state index contributed by atoms with van der Waals surface area (Å²) in [7, 11) is -4.02. The lowest BCUT2D eigenvalue weighted by Gasteiger charge is -2.27. The Kier molecular flexibility index (Phi) is 7.99. The van der Waals surface area contributed by atoms with Crippen molar-refractivity contribution in [1.82, 2.24) is 5.32 Å². The normalized spacial score (nSPS) is 12.1. The number of amides is 1. The molecule has 0 spiro atoms. The first-order chi connectivity index (χ1) is 16.1. The summed E-state index contributed by atoms with van der Waals surface area (Å²) in [6.45, 7) is 9.81. The number of nitrogens with zero attached hydrogens (tertiary/aromatic N) is 1. The topological polar surface area (TPSA) is 75.7 Å². The summed E-state index contributed by atoms with van der Waals surface area (Å²) in [5, 5.41) is 2.97. The van der Waals surface area contributed by atoms with E-state index in [4.69, 9.17) is 4.74 Å². The molecule has 0 heterocycles.